The van der Waals surface area contributed by atoms with Gasteiger partial charge in [-0.15, -0.1) is 0 Å². The molecule has 1 fully saturated rings. The average molecular weight is 326 g/mol. The fourth-order valence-corrected chi connectivity index (χ4v) is 2.69. The third kappa shape index (κ3) is 4.68. The van der Waals surface area contributed by atoms with Crippen molar-refractivity contribution in [2.45, 2.75) is 19.8 Å². The molecule has 7 heteroatoms. The van der Waals surface area contributed by atoms with Gasteiger partial charge in [0.15, 0.2) is 5.15 Å². The molecular weight excluding hydrogens is 306 g/mol. The van der Waals surface area contributed by atoms with E-state index in [1.54, 1.807) is 25.3 Å². The number of halogens is 1. The van der Waals surface area contributed by atoms with Gasteiger partial charge in [0.1, 0.15) is 0 Å². The Morgan fingerprint density at radius 3 is 3.09 bits per heavy atom. The number of hydrogen-bond acceptors (Lipinski definition) is 5. The van der Waals surface area contributed by atoms with Crippen molar-refractivity contribution in [1.82, 2.24) is 9.88 Å². The molecule has 22 heavy (non-hydrogen) atoms. The Balaban J connectivity index is 1.86. The lowest BCUT2D eigenvalue weighted by molar-refractivity contribution is -0.150. The van der Waals surface area contributed by atoms with Gasteiger partial charge in [-0.2, -0.15) is 0 Å². The molecule has 1 aliphatic heterocycles. The van der Waals surface area contributed by atoms with E-state index >= 15 is 0 Å². The van der Waals surface area contributed by atoms with Gasteiger partial charge < -0.3 is 10.1 Å². The number of likely N-dealkylation sites (tertiary alicyclic amines) is 1. The first kappa shape index (κ1) is 16.7. The minimum atomic E-state index is -0.178. The number of piperidine rings is 1. The Bertz CT molecular complexity index is 539. The van der Waals surface area contributed by atoms with Crippen LogP contribution in [0.25, 0.3) is 0 Å². The van der Waals surface area contributed by atoms with Crippen molar-refractivity contribution in [2.24, 2.45) is 5.92 Å². The summed E-state index contributed by atoms with van der Waals surface area (Å²) in [5, 5.41) is 3.00. The monoisotopic (exact) mass is 325 g/mol. The fourth-order valence-electron chi connectivity index (χ4n) is 2.52. The Morgan fingerprint density at radius 2 is 2.36 bits per heavy atom. The highest BCUT2D eigenvalue weighted by molar-refractivity contribution is 6.32. The van der Waals surface area contributed by atoms with E-state index in [-0.39, 0.29) is 29.5 Å². The third-order valence-corrected chi connectivity index (χ3v) is 3.83. The van der Waals surface area contributed by atoms with Crippen LogP contribution in [-0.2, 0) is 14.3 Å². The van der Waals surface area contributed by atoms with Crippen LogP contribution in [0.1, 0.15) is 19.8 Å². The number of ether oxygens (including phenoxy) is 1. The van der Waals surface area contributed by atoms with Crippen LogP contribution in [0, 0.1) is 5.92 Å². The molecule has 1 N–H and O–H groups in total. The fraction of sp³-hybridized carbons (Fsp3) is 0.533. The van der Waals surface area contributed by atoms with Crippen LogP contribution in [0.4, 0.5) is 5.69 Å². The first-order valence-corrected chi connectivity index (χ1v) is 7.77. The lowest BCUT2D eigenvalue weighted by Crippen LogP contribution is -2.43. The third-order valence-electron chi connectivity index (χ3n) is 3.53. The summed E-state index contributed by atoms with van der Waals surface area (Å²) in [5.74, 6) is -0.495. The normalized spacial score (nSPS) is 18.7. The maximum absolute atomic E-state index is 12.1. The first-order valence-electron chi connectivity index (χ1n) is 7.39. The number of carbonyl (C=O) groups excluding carboxylic acids is 2. The van der Waals surface area contributed by atoms with E-state index in [1.165, 1.54) is 0 Å². The van der Waals surface area contributed by atoms with Crippen molar-refractivity contribution in [3.63, 3.8) is 0 Å². The van der Waals surface area contributed by atoms with Crippen LogP contribution in [0.3, 0.4) is 0 Å². The molecule has 0 spiro atoms. The lowest BCUT2D eigenvalue weighted by atomic mass is 9.98. The summed E-state index contributed by atoms with van der Waals surface area (Å²) >= 11 is 5.91. The van der Waals surface area contributed by atoms with Gasteiger partial charge >= 0.3 is 5.97 Å². The molecule has 1 aromatic rings. The minimum absolute atomic E-state index is 0.150. The topological polar surface area (TPSA) is 71.5 Å². The molecule has 1 aromatic heterocycles. The van der Waals surface area contributed by atoms with Crippen LogP contribution < -0.4 is 5.32 Å². The van der Waals surface area contributed by atoms with E-state index in [1.807, 2.05) is 4.90 Å². The van der Waals surface area contributed by atoms with Gasteiger partial charge in [0.25, 0.3) is 0 Å². The number of hydrogen-bond donors (Lipinski definition) is 1. The SMILES string of the molecule is CCOC(=O)C1CCCN(CC(=O)Nc2cccnc2Cl)C1. The van der Waals surface area contributed by atoms with Crippen molar-refractivity contribution in [1.29, 1.82) is 0 Å². The number of rotatable bonds is 5. The second-order valence-electron chi connectivity index (χ2n) is 5.22. The summed E-state index contributed by atoms with van der Waals surface area (Å²) in [6.45, 7) is 3.75. The van der Waals surface area contributed by atoms with E-state index in [2.05, 4.69) is 10.3 Å². The van der Waals surface area contributed by atoms with Gasteiger partial charge in [-0.3, -0.25) is 14.5 Å². The molecule has 2 heterocycles. The molecule has 120 valence electrons. The standard InChI is InChI=1S/C15H20ClN3O3/c1-2-22-15(21)11-5-4-8-19(9-11)10-13(20)18-12-6-3-7-17-14(12)16/h3,6-7,11H,2,4-5,8-10H2,1H3,(H,18,20). The number of esters is 1. The second-order valence-corrected chi connectivity index (χ2v) is 5.57. The predicted octanol–water partition coefficient (Wildman–Crippen LogP) is 1.95. The number of anilines is 1. The van der Waals surface area contributed by atoms with E-state index < -0.39 is 0 Å². The number of aromatic nitrogens is 1. The molecule has 0 saturated carbocycles. The number of nitrogens with one attached hydrogen (secondary N) is 1. The summed E-state index contributed by atoms with van der Waals surface area (Å²) < 4.78 is 5.05. The molecule has 0 radical (unpaired) electrons. The number of carbonyl (C=O) groups is 2. The number of pyridine rings is 1. The van der Waals surface area contributed by atoms with E-state index in [9.17, 15) is 9.59 Å². The van der Waals surface area contributed by atoms with E-state index in [0.717, 1.165) is 19.4 Å². The van der Waals surface area contributed by atoms with Gasteiger partial charge in [-0.1, -0.05) is 11.6 Å². The highest BCUT2D eigenvalue weighted by Gasteiger charge is 2.27. The van der Waals surface area contributed by atoms with Crippen LogP contribution >= 0.6 is 11.6 Å². The molecule has 1 aliphatic rings. The van der Waals surface area contributed by atoms with Gasteiger partial charge in [0.2, 0.25) is 5.91 Å². The Morgan fingerprint density at radius 1 is 1.55 bits per heavy atom. The molecule has 1 atom stereocenters. The summed E-state index contributed by atoms with van der Waals surface area (Å²) in [7, 11) is 0. The maximum atomic E-state index is 12.1. The van der Waals surface area contributed by atoms with Gasteiger partial charge in [0.05, 0.1) is 24.8 Å². The maximum Gasteiger partial charge on any atom is 0.310 e. The zero-order valence-corrected chi connectivity index (χ0v) is 13.3. The summed E-state index contributed by atoms with van der Waals surface area (Å²) in [5.41, 5.74) is 0.494. The highest BCUT2D eigenvalue weighted by Crippen LogP contribution is 2.19. The summed E-state index contributed by atoms with van der Waals surface area (Å²) in [6.07, 6.45) is 3.25. The lowest BCUT2D eigenvalue weighted by Gasteiger charge is -2.30. The Kier molecular flexibility index (Phi) is 6.15. The Labute approximate surface area is 134 Å². The molecule has 2 rings (SSSR count). The van der Waals surface area contributed by atoms with Crippen molar-refractivity contribution in [2.75, 3.05) is 31.6 Å². The number of nitrogens with zero attached hydrogens (tertiary/aromatic N) is 2. The molecule has 0 aliphatic carbocycles. The molecule has 6 nitrogen and oxygen atoms in total. The quantitative estimate of drug-likeness (QED) is 0.662. The van der Waals surface area contributed by atoms with Crippen LogP contribution in [0.2, 0.25) is 5.15 Å². The largest absolute Gasteiger partial charge is 0.466 e. The second kappa shape index (κ2) is 8.10. The smallest absolute Gasteiger partial charge is 0.310 e. The first-order chi connectivity index (χ1) is 10.6. The predicted molar refractivity (Wildman–Crippen MR) is 83.7 cm³/mol. The Hall–Kier alpha value is -1.66. The molecule has 1 saturated heterocycles. The van der Waals surface area contributed by atoms with E-state index in [4.69, 9.17) is 16.3 Å². The van der Waals surface area contributed by atoms with Gasteiger partial charge in [-0.25, -0.2) is 4.98 Å². The summed E-state index contributed by atoms with van der Waals surface area (Å²) in [6, 6.07) is 3.41. The van der Waals surface area contributed by atoms with Gasteiger partial charge in [-0.05, 0) is 38.4 Å². The molecule has 0 aromatic carbocycles. The zero-order chi connectivity index (χ0) is 15.9. The van der Waals surface area contributed by atoms with Crippen molar-refractivity contribution in [3.05, 3.63) is 23.5 Å². The van der Waals surface area contributed by atoms with Crippen molar-refractivity contribution in [3.8, 4) is 0 Å². The minimum Gasteiger partial charge on any atom is -0.466 e. The summed E-state index contributed by atoms with van der Waals surface area (Å²) in [4.78, 5) is 29.7. The van der Waals surface area contributed by atoms with Crippen LogP contribution in [-0.4, -0.2) is 48.0 Å². The van der Waals surface area contributed by atoms with E-state index in [0.29, 0.717) is 18.8 Å². The van der Waals surface area contributed by atoms with Crippen LogP contribution in [0.5, 0.6) is 0 Å². The van der Waals surface area contributed by atoms with Gasteiger partial charge in [0, 0.05) is 12.7 Å². The van der Waals surface area contributed by atoms with Crippen molar-refractivity contribution < 1.29 is 14.3 Å². The molecule has 1 unspecified atom stereocenters. The average Bonchev–Trinajstić information content (AvgIpc) is 2.50. The van der Waals surface area contributed by atoms with Crippen molar-refractivity contribution >= 4 is 29.2 Å². The van der Waals surface area contributed by atoms with Crippen LogP contribution in [0.15, 0.2) is 18.3 Å². The zero-order valence-electron chi connectivity index (χ0n) is 12.5. The molecule has 1 amide bonds. The highest BCUT2D eigenvalue weighted by atomic mass is 35.5. The molecule has 0 bridgehead atoms. The number of amides is 1. The molecular formula is C15H20ClN3O3.